The Kier molecular flexibility index (Phi) is 14.9. The summed E-state index contributed by atoms with van der Waals surface area (Å²) in [5.41, 5.74) is 3.27. The van der Waals surface area contributed by atoms with Gasteiger partial charge in [-0.05, 0) is 51.5 Å². The van der Waals surface area contributed by atoms with Gasteiger partial charge in [-0.3, -0.25) is 24.1 Å². The highest BCUT2D eigenvalue weighted by Gasteiger charge is 2.54. The Morgan fingerprint density at radius 3 is 2.27 bits per heavy atom. The summed E-state index contributed by atoms with van der Waals surface area (Å²) in [6.45, 7) is 5.78. The number of amides is 4. The number of anilines is 1. The van der Waals surface area contributed by atoms with Crippen molar-refractivity contribution < 1.29 is 68.7 Å². The average molecular weight is 994 g/mol. The number of thioether (sulfide) groups is 1. The third-order valence-corrected chi connectivity index (χ3v) is 14.4. The van der Waals surface area contributed by atoms with E-state index in [9.17, 15) is 59.4 Å². The van der Waals surface area contributed by atoms with Crippen LogP contribution in [0, 0.1) is 0 Å². The zero-order chi connectivity index (χ0) is 48.4. The zero-order valence-corrected chi connectivity index (χ0v) is 38.7. The third kappa shape index (κ3) is 10.0. The zero-order valence-electron chi connectivity index (χ0n) is 35.6. The topological polar surface area (TPSA) is 318 Å². The number of carbonyl (C=O) groups is 6. The van der Waals surface area contributed by atoms with Crippen LogP contribution in [-0.2, 0) is 24.0 Å². The van der Waals surface area contributed by atoms with Crippen LogP contribution in [0.4, 0.5) is 5.13 Å². The van der Waals surface area contributed by atoms with E-state index < -0.39 is 81.3 Å². The van der Waals surface area contributed by atoms with Crippen molar-refractivity contribution in [2.24, 2.45) is 5.16 Å². The fraction of sp³-hybridized carbons (Fsp3) is 0.415. The van der Waals surface area contributed by atoms with Crippen LogP contribution >= 0.6 is 46.3 Å². The maximum atomic E-state index is 14.2. The molecule has 3 aliphatic heterocycles. The van der Waals surface area contributed by atoms with Gasteiger partial charge in [0.15, 0.2) is 33.8 Å². The van der Waals surface area contributed by atoms with Crippen molar-refractivity contribution in [3.05, 3.63) is 67.8 Å². The lowest BCUT2D eigenvalue weighted by Gasteiger charge is -2.52. The summed E-state index contributed by atoms with van der Waals surface area (Å²) >= 11 is 14.6. The fourth-order valence-corrected chi connectivity index (χ4v) is 10.2. The fourth-order valence-electron chi connectivity index (χ4n) is 7.86. The molecule has 6 rings (SSSR count). The molecule has 3 aromatic rings. The number of nitrogens with one attached hydrogen (secondary N) is 2. The van der Waals surface area contributed by atoms with Crippen molar-refractivity contribution in [3.8, 4) is 23.0 Å². The number of quaternary nitrogens is 1. The van der Waals surface area contributed by atoms with Gasteiger partial charge >= 0.3 is 5.97 Å². The molecule has 0 radical (unpaired) electrons. The number of carboxylic acid groups (broad SMARTS) is 2. The number of phenols is 4. The van der Waals surface area contributed by atoms with E-state index in [1.807, 2.05) is 6.92 Å². The molecule has 0 bridgehead atoms. The summed E-state index contributed by atoms with van der Waals surface area (Å²) in [6, 6.07) is 3.14. The number of β-lactam (4-membered cyclic amide) rings is 1. The number of hydrogen-bond acceptors (Lipinski definition) is 17. The van der Waals surface area contributed by atoms with Gasteiger partial charge in [0.2, 0.25) is 5.60 Å². The molecule has 21 nitrogen and oxygen atoms in total. The highest BCUT2D eigenvalue weighted by Crippen LogP contribution is 2.42. The summed E-state index contributed by atoms with van der Waals surface area (Å²) < 4.78 is 0.306. The van der Waals surface area contributed by atoms with Gasteiger partial charge < -0.3 is 66.0 Å². The Labute approximate surface area is 395 Å². The molecule has 1 aromatic heterocycles. The Morgan fingerprint density at radius 1 is 1.06 bits per heavy atom. The Bertz CT molecular complexity index is 2530. The number of aromatic hydroxyl groups is 4. The molecule has 0 spiro atoms. The normalized spacial score (nSPS) is 18.5. The molecular weight excluding hydrogens is 948 g/mol. The van der Waals surface area contributed by atoms with Gasteiger partial charge in [0.05, 0.1) is 52.5 Å². The van der Waals surface area contributed by atoms with Crippen LogP contribution in [0.25, 0.3) is 0 Å². The van der Waals surface area contributed by atoms with Crippen LogP contribution in [0.1, 0.15) is 66.4 Å². The first-order chi connectivity index (χ1) is 31.1. The molecule has 1 unspecified atom stereocenters. The smallest absolute Gasteiger partial charge is 0.350 e. The number of phenolic OH excluding ortho intramolecular Hbond substituents is 4. The second-order valence-corrected chi connectivity index (χ2v) is 19.1. The lowest BCUT2D eigenvalue weighted by atomic mass is 10.0. The van der Waals surface area contributed by atoms with E-state index >= 15 is 0 Å². The van der Waals surface area contributed by atoms with Crippen molar-refractivity contribution in [2.75, 3.05) is 50.8 Å². The van der Waals surface area contributed by atoms with Gasteiger partial charge in [-0.15, -0.1) is 23.1 Å². The molecule has 2 aromatic carbocycles. The summed E-state index contributed by atoms with van der Waals surface area (Å²) in [5, 5.41) is 71.4. The number of thiazole rings is 1. The Balaban J connectivity index is 1.21. The van der Waals surface area contributed by atoms with E-state index in [0.717, 1.165) is 41.2 Å². The average Bonchev–Trinajstić information content (AvgIpc) is 3.93. The van der Waals surface area contributed by atoms with Crippen molar-refractivity contribution in [3.63, 3.8) is 0 Å². The Morgan fingerprint density at radius 2 is 1.68 bits per heavy atom. The minimum atomic E-state index is -1.84. The number of nitrogens with two attached hydrogens (primary N) is 1. The van der Waals surface area contributed by atoms with Crippen molar-refractivity contribution in [2.45, 2.75) is 63.1 Å². The van der Waals surface area contributed by atoms with Gasteiger partial charge in [0.25, 0.3) is 23.6 Å². The molecule has 0 aliphatic carbocycles. The molecular formula is C41H46Cl2N8O13S2. The quantitative estimate of drug-likeness (QED) is 0.0225. The van der Waals surface area contributed by atoms with Crippen LogP contribution in [0.15, 0.2) is 46.1 Å². The van der Waals surface area contributed by atoms with E-state index in [2.05, 4.69) is 20.8 Å². The van der Waals surface area contributed by atoms with Gasteiger partial charge in [-0.25, -0.2) is 9.78 Å². The first kappa shape index (κ1) is 49.4. The van der Waals surface area contributed by atoms with Crippen LogP contribution < -0.4 is 21.5 Å². The number of rotatable bonds is 18. The number of oxime groups is 1. The molecule has 4 heterocycles. The van der Waals surface area contributed by atoms with Crippen LogP contribution in [0.5, 0.6) is 23.0 Å². The molecule has 3 aliphatic rings. The minimum absolute atomic E-state index is 0.0272. The summed E-state index contributed by atoms with van der Waals surface area (Å²) in [5.74, 6) is -8.20. The van der Waals surface area contributed by atoms with Gasteiger partial charge in [0, 0.05) is 42.6 Å². The van der Waals surface area contributed by atoms with E-state index in [4.69, 9.17) is 33.8 Å². The maximum Gasteiger partial charge on any atom is 0.350 e. The number of aromatic nitrogens is 1. The number of fused-ring (bicyclic) bond motifs is 1. The standard InChI is InChI=1S/C41H46Cl2N8O13S2/c1-19(15-49(35(58)22-8-10-25(53)32(55)27(22)43)12-6-11-45-33(56)21-7-9-24(52)31(54)26(21)42)51(13-4-5-14-51)16-20-17-65-37-29(36(59)50(37)30(20)38(60)61)47-34(57)28(23-18-66-40(44)46-23)48-64-41(2,3)39(62)63/h7-10,18-19,29,37H,4-6,11-17H2,1-3H3,(H9-,44,45,46,47,48,52,53,54,55,56,57,58,60,61,62,63)/t19?,29-,37-/m1/s1. The Hall–Kier alpha value is -6.01. The first-order valence-electron chi connectivity index (χ1n) is 20.3. The van der Waals surface area contributed by atoms with Crippen LogP contribution in [0.2, 0.25) is 10.0 Å². The lowest BCUT2D eigenvalue weighted by Crippen LogP contribution is -2.72. The molecule has 3 atom stereocenters. The molecule has 354 valence electrons. The van der Waals surface area contributed by atoms with Gasteiger partial charge in [-0.2, -0.15) is 0 Å². The molecule has 66 heavy (non-hydrogen) atoms. The number of benzene rings is 2. The second-order valence-electron chi connectivity index (χ2n) is 16.3. The lowest BCUT2D eigenvalue weighted by molar-refractivity contribution is -0.933. The maximum absolute atomic E-state index is 14.2. The van der Waals surface area contributed by atoms with Gasteiger partial charge in [-0.1, -0.05) is 28.4 Å². The molecule has 25 heteroatoms. The molecule has 4 amide bonds. The summed E-state index contributed by atoms with van der Waals surface area (Å²) in [4.78, 5) is 90.8. The number of likely N-dealkylation sites (tertiary alicyclic amines) is 1. The van der Waals surface area contributed by atoms with Crippen molar-refractivity contribution >= 4 is 92.7 Å². The monoisotopic (exact) mass is 992 g/mol. The number of aliphatic carboxylic acids is 2. The third-order valence-electron chi connectivity index (χ3n) is 11.6. The first-order valence-corrected chi connectivity index (χ1v) is 23.0. The number of nitrogen functional groups attached to an aromatic ring is 1. The predicted octanol–water partition coefficient (Wildman–Crippen LogP) is 1.80. The second kappa shape index (κ2) is 19.8. The largest absolute Gasteiger partial charge is 0.543 e. The molecule has 2 fully saturated rings. The van der Waals surface area contributed by atoms with E-state index in [-0.39, 0.29) is 82.1 Å². The van der Waals surface area contributed by atoms with E-state index in [0.29, 0.717) is 23.1 Å². The summed E-state index contributed by atoms with van der Waals surface area (Å²) in [7, 11) is 0. The predicted molar refractivity (Wildman–Crippen MR) is 239 cm³/mol. The number of halogens is 2. The molecule has 2 saturated heterocycles. The number of hydrogen-bond donors (Lipinski definition) is 8. The SMILES string of the molecule is CC(CN(CCCNC(=O)c1ccc(O)c(O)c1Cl)C(=O)c1ccc(O)c(O)c1Cl)[N+]1(CC2=C(C(=O)[O-])N3C(=O)[C@@H](NC(=O)/C(=N\OC(C)(C)C(=O)O)c4csc(N)n4)[C@H]3SC2)CCCC1. The highest BCUT2D eigenvalue weighted by atomic mass is 35.5. The number of nitrogens with zero attached hydrogens (tertiary/aromatic N) is 5. The van der Waals surface area contributed by atoms with E-state index in [1.165, 1.54) is 48.0 Å². The van der Waals surface area contributed by atoms with Gasteiger partial charge in [0.1, 0.15) is 29.7 Å². The van der Waals surface area contributed by atoms with Crippen LogP contribution in [-0.4, -0.2) is 154 Å². The van der Waals surface area contributed by atoms with Crippen LogP contribution in [0.3, 0.4) is 0 Å². The van der Waals surface area contributed by atoms with Crippen molar-refractivity contribution in [1.82, 2.24) is 25.4 Å². The van der Waals surface area contributed by atoms with Crippen molar-refractivity contribution in [1.29, 1.82) is 0 Å². The number of carbonyl (C=O) groups excluding carboxylic acids is 5. The van der Waals surface area contributed by atoms with E-state index in [1.54, 1.807) is 0 Å². The summed E-state index contributed by atoms with van der Waals surface area (Å²) in [6.07, 6.45) is 1.72. The number of carboxylic acids is 2. The molecule has 9 N–H and O–H groups in total. The highest BCUT2D eigenvalue weighted by molar-refractivity contribution is 8.00. The minimum Gasteiger partial charge on any atom is -0.543 e. The molecule has 0 saturated carbocycles.